The fourth-order valence-electron chi connectivity index (χ4n) is 7.04. The van der Waals surface area contributed by atoms with E-state index in [2.05, 4.69) is 11.0 Å². The summed E-state index contributed by atoms with van der Waals surface area (Å²) in [6, 6.07) is 13.5. The molecule has 0 saturated carbocycles. The molecule has 10 nitrogen and oxygen atoms in total. The molecule has 2 aliphatic rings. The number of amides is 2. The smallest absolute Gasteiger partial charge is 0.264 e. The second-order valence-electron chi connectivity index (χ2n) is 14.5. The van der Waals surface area contributed by atoms with Crippen molar-refractivity contribution in [2.75, 3.05) is 46.9 Å². The quantitative estimate of drug-likeness (QED) is 0.219. The van der Waals surface area contributed by atoms with Gasteiger partial charge in [0.2, 0.25) is 0 Å². The molecule has 264 valence electrons. The molecule has 1 atom stereocenters. The Labute approximate surface area is 295 Å². The summed E-state index contributed by atoms with van der Waals surface area (Å²) in [4.78, 5) is 45.6. The molecule has 50 heavy (non-hydrogen) atoms. The Morgan fingerprint density at radius 1 is 0.980 bits per heavy atom. The number of allylic oxidation sites excluding steroid dienone is 1. The van der Waals surface area contributed by atoms with Gasteiger partial charge in [0.1, 0.15) is 23.1 Å². The fraction of sp³-hybridized carbons (Fsp3) is 0.450. The van der Waals surface area contributed by atoms with Gasteiger partial charge in [-0.3, -0.25) is 19.3 Å². The van der Waals surface area contributed by atoms with E-state index in [4.69, 9.17) is 9.47 Å². The molecule has 0 radical (unpaired) electrons. The molecule has 2 fully saturated rings. The lowest BCUT2D eigenvalue weighted by Gasteiger charge is -2.35. The predicted molar refractivity (Wildman–Crippen MR) is 194 cm³/mol. The summed E-state index contributed by atoms with van der Waals surface area (Å²) in [5.41, 5.74) is 5.79. The number of hydrogen-bond donors (Lipinski definition) is 0. The van der Waals surface area contributed by atoms with Crippen LogP contribution < -0.4 is 15.0 Å². The van der Waals surface area contributed by atoms with E-state index in [1.54, 1.807) is 36.8 Å². The molecule has 2 aromatic carbocycles. The van der Waals surface area contributed by atoms with Crippen LogP contribution in [0, 0.1) is 30.6 Å². The second kappa shape index (κ2) is 14.9. The molecular formula is C40H49N5O5. The molecule has 5 rings (SSSR count). The average Bonchev–Trinajstić information content (AvgIpc) is 3.61. The maximum absolute atomic E-state index is 13.7. The van der Waals surface area contributed by atoms with Gasteiger partial charge < -0.3 is 23.8 Å². The highest BCUT2D eigenvalue weighted by atomic mass is 16.5. The van der Waals surface area contributed by atoms with Crippen LogP contribution in [0.1, 0.15) is 72.3 Å². The normalized spacial score (nSPS) is 17.1. The van der Waals surface area contributed by atoms with Gasteiger partial charge in [-0.15, -0.1) is 0 Å². The Balaban J connectivity index is 1.28. The van der Waals surface area contributed by atoms with E-state index in [1.807, 2.05) is 82.1 Å². The van der Waals surface area contributed by atoms with Crippen molar-refractivity contribution in [2.24, 2.45) is 12.5 Å². The minimum Gasteiger partial charge on any atom is -0.496 e. The molecule has 3 heterocycles. The number of likely N-dealkylation sites (tertiary alicyclic amines) is 1. The Kier molecular flexibility index (Phi) is 10.9. The Hall–Kier alpha value is -4.88. The van der Waals surface area contributed by atoms with Crippen molar-refractivity contribution >= 4 is 11.8 Å². The van der Waals surface area contributed by atoms with E-state index in [1.165, 1.54) is 0 Å². The first kappa shape index (κ1) is 36.4. The number of aromatic nitrogens is 1. The first-order valence-electron chi connectivity index (χ1n) is 17.2. The summed E-state index contributed by atoms with van der Waals surface area (Å²) in [6.07, 6.45) is 5.22. The van der Waals surface area contributed by atoms with Gasteiger partial charge in [0, 0.05) is 69.2 Å². The van der Waals surface area contributed by atoms with E-state index >= 15 is 0 Å². The van der Waals surface area contributed by atoms with Crippen LogP contribution in [0.5, 0.6) is 11.5 Å². The number of rotatable bonds is 8. The van der Waals surface area contributed by atoms with Crippen molar-refractivity contribution in [1.29, 1.82) is 5.26 Å². The van der Waals surface area contributed by atoms with Crippen LogP contribution in [-0.2, 0) is 18.4 Å². The van der Waals surface area contributed by atoms with Crippen LogP contribution in [0.25, 0.3) is 11.1 Å². The highest BCUT2D eigenvalue weighted by Crippen LogP contribution is 2.38. The molecule has 3 aromatic rings. The van der Waals surface area contributed by atoms with Crippen molar-refractivity contribution in [3.05, 3.63) is 92.4 Å². The van der Waals surface area contributed by atoms with E-state index in [0.29, 0.717) is 61.9 Å². The molecule has 0 N–H and O–H groups in total. The highest BCUT2D eigenvalue weighted by molar-refractivity contribution is 5.98. The third-order valence-corrected chi connectivity index (χ3v) is 9.85. The Morgan fingerprint density at radius 2 is 1.64 bits per heavy atom. The first-order valence-corrected chi connectivity index (χ1v) is 17.2. The third-order valence-electron chi connectivity index (χ3n) is 9.85. The number of methoxy groups -OCH3 is 2. The van der Waals surface area contributed by atoms with E-state index in [0.717, 1.165) is 40.7 Å². The van der Waals surface area contributed by atoms with Crippen LogP contribution in [0.3, 0.4) is 0 Å². The second-order valence-corrected chi connectivity index (χ2v) is 14.5. The van der Waals surface area contributed by atoms with Gasteiger partial charge in [0.25, 0.3) is 17.4 Å². The summed E-state index contributed by atoms with van der Waals surface area (Å²) in [6.45, 7) is 13.4. The van der Waals surface area contributed by atoms with Gasteiger partial charge in [-0.2, -0.15) is 5.26 Å². The van der Waals surface area contributed by atoms with Crippen LogP contribution in [0.15, 0.2) is 59.0 Å². The number of hydrogen-bond acceptors (Lipinski definition) is 7. The van der Waals surface area contributed by atoms with Gasteiger partial charge in [0.15, 0.2) is 0 Å². The SMILES string of the molecule is COc1cc(-c2cn(C)c(=O)c(C)c2C)cc(OC)c1CN1CCN(C(=O)c2cccc(C3CCCN3C(=O)/C(C#N)=C/C(C)(C)C)c2)CC1. The van der Waals surface area contributed by atoms with E-state index in [9.17, 15) is 19.6 Å². The lowest BCUT2D eigenvalue weighted by atomic mass is 9.93. The minimum absolute atomic E-state index is 0.0149. The molecule has 2 saturated heterocycles. The van der Waals surface area contributed by atoms with Crippen molar-refractivity contribution in [3.8, 4) is 28.7 Å². The number of nitrogens with zero attached hydrogens (tertiary/aromatic N) is 5. The molecule has 2 amide bonds. The van der Waals surface area contributed by atoms with Crippen molar-refractivity contribution in [3.63, 3.8) is 0 Å². The van der Waals surface area contributed by atoms with Gasteiger partial charge >= 0.3 is 0 Å². The number of pyridine rings is 1. The summed E-state index contributed by atoms with van der Waals surface area (Å²) in [7, 11) is 5.06. The molecule has 0 aliphatic carbocycles. The van der Waals surface area contributed by atoms with Crippen LogP contribution in [0.2, 0.25) is 0 Å². The Morgan fingerprint density at radius 3 is 2.24 bits per heavy atom. The van der Waals surface area contributed by atoms with Gasteiger partial charge in [-0.1, -0.05) is 39.0 Å². The molecule has 2 aliphatic heterocycles. The lowest BCUT2D eigenvalue weighted by molar-refractivity contribution is -0.127. The monoisotopic (exact) mass is 679 g/mol. The zero-order valence-corrected chi connectivity index (χ0v) is 30.6. The number of carbonyl (C=O) groups is 2. The van der Waals surface area contributed by atoms with Crippen LogP contribution in [-0.4, -0.2) is 78.0 Å². The summed E-state index contributed by atoms with van der Waals surface area (Å²) >= 11 is 0. The Bertz CT molecular complexity index is 1880. The average molecular weight is 680 g/mol. The summed E-state index contributed by atoms with van der Waals surface area (Å²) in [5.74, 6) is 1.12. The third kappa shape index (κ3) is 7.63. The van der Waals surface area contributed by atoms with E-state index < -0.39 is 0 Å². The molecular weight excluding hydrogens is 630 g/mol. The molecule has 0 bridgehead atoms. The zero-order valence-electron chi connectivity index (χ0n) is 30.6. The molecule has 1 unspecified atom stereocenters. The standard InChI is InChI=1S/C40H49N5O5/c1-26-27(2)37(46)42(6)24-32(26)30-20-35(49-7)33(36(21-30)50-8)25-43-15-17-44(18-16-43)38(47)29-12-9-11-28(19-29)34-13-10-14-45(34)39(48)31(23-41)22-40(3,4)5/h9,11-12,19-22,24,34H,10,13-18,25H2,1-8H3/b31-22+. The van der Waals surface area contributed by atoms with Crippen LogP contribution in [0.4, 0.5) is 0 Å². The van der Waals surface area contributed by atoms with E-state index in [-0.39, 0.29) is 34.4 Å². The number of nitriles is 1. The first-order chi connectivity index (χ1) is 23.8. The number of piperazine rings is 1. The van der Waals surface area contributed by atoms with Crippen molar-refractivity contribution in [2.45, 2.75) is 60.0 Å². The topological polar surface area (TPSA) is 108 Å². The largest absolute Gasteiger partial charge is 0.496 e. The number of benzene rings is 2. The fourth-order valence-corrected chi connectivity index (χ4v) is 7.04. The van der Waals surface area contributed by atoms with Crippen molar-refractivity contribution < 1.29 is 19.1 Å². The maximum Gasteiger partial charge on any atom is 0.264 e. The van der Waals surface area contributed by atoms with Gasteiger partial charge in [-0.05, 0) is 73.1 Å². The number of aryl methyl sites for hydroxylation is 1. The minimum atomic E-state index is -0.293. The van der Waals surface area contributed by atoms with Gasteiger partial charge in [-0.25, -0.2) is 0 Å². The zero-order chi connectivity index (χ0) is 36.3. The summed E-state index contributed by atoms with van der Waals surface area (Å²) < 4.78 is 13.3. The van der Waals surface area contributed by atoms with Crippen molar-refractivity contribution in [1.82, 2.24) is 19.3 Å². The summed E-state index contributed by atoms with van der Waals surface area (Å²) in [5, 5.41) is 9.74. The molecule has 0 spiro atoms. The molecule has 10 heteroatoms. The molecule has 1 aromatic heterocycles. The highest BCUT2D eigenvalue weighted by Gasteiger charge is 2.33. The number of carbonyl (C=O) groups excluding carboxylic acids is 2. The lowest BCUT2D eigenvalue weighted by Crippen LogP contribution is -2.48. The predicted octanol–water partition coefficient (Wildman–Crippen LogP) is 5.80. The van der Waals surface area contributed by atoms with Gasteiger partial charge in [0.05, 0.1) is 25.8 Å². The maximum atomic E-state index is 13.7. The van der Waals surface area contributed by atoms with Crippen LogP contribution >= 0.6 is 0 Å². The number of ether oxygens (including phenoxy) is 2.